The third-order valence-electron chi connectivity index (χ3n) is 3.57. The lowest BCUT2D eigenvalue weighted by Gasteiger charge is -2.15. The van der Waals surface area contributed by atoms with Crippen LogP contribution in [0.5, 0.6) is 0 Å². The first-order valence-electron chi connectivity index (χ1n) is 7.96. The second-order valence-corrected chi connectivity index (χ2v) is 7.03. The van der Waals surface area contributed by atoms with Gasteiger partial charge in [0.1, 0.15) is 6.07 Å². The van der Waals surface area contributed by atoms with Crippen LogP contribution in [0.25, 0.3) is 0 Å². The molecular formula is C19H18N2O4S. The molecule has 0 bridgehead atoms. The largest absolute Gasteiger partial charge is 0.449 e. The van der Waals surface area contributed by atoms with Gasteiger partial charge in [-0.15, -0.1) is 0 Å². The summed E-state index contributed by atoms with van der Waals surface area (Å²) in [6.07, 6.45) is -1.09. The normalized spacial score (nSPS) is 12.5. The van der Waals surface area contributed by atoms with Crippen molar-refractivity contribution in [3.05, 3.63) is 59.7 Å². The van der Waals surface area contributed by atoms with E-state index in [4.69, 9.17) is 10.00 Å². The topological polar surface area (TPSA) is 96.3 Å². The van der Waals surface area contributed by atoms with Gasteiger partial charge in [0.05, 0.1) is 32.5 Å². The highest BCUT2D eigenvalue weighted by molar-refractivity contribution is 7.85. The number of para-hydroxylation sites is 1. The average molecular weight is 370 g/mol. The molecule has 2 rings (SSSR count). The van der Waals surface area contributed by atoms with Crippen molar-refractivity contribution in [3.8, 4) is 6.07 Å². The van der Waals surface area contributed by atoms with Gasteiger partial charge in [0.2, 0.25) is 0 Å². The van der Waals surface area contributed by atoms with E-state index in [0.717, 1.165) is 0 Å². The smallest absolute Gasteiger partial charge is 0.340 e. The van der Waals surface area contributed by atoms with Crippen LogP contribution in [0.4, 0.5) is 5.69 Å². The molecule has 1 amide bonds. The fourth-order valence-corrected chi connectivity index (χ4v) is 3.13. The molecule has 0 aliphatic heterocycles. The second kappa shape index (κ2) is 8.92. The van der Waals surface area contributed by atoms with Crippen LogP contribution in [0.15, 0.2) is 53.4 Å². The molecule has 7 heteroatoms. The van der Waals surface area contributed by atoms with E-state index in [0.29, 0.717) is 21.9 Å². The van der Waals surface area contributed by atoms with Crippen molar-refractivity contribution in [3.63, 3.8) is 0 Å². The maximum atomic E-state index is 12.4. The van der Waals surface area contributed by atoms with Crippen molar-refractivity contribution in [2.45, 2.75) is 24.8 Å². The van der Waals surface area contributed by atoms with Crippen LogP contribution in [0.3, 0.4) is 0 Å². The van der Waals surface area contributed by atoms with Gasteiger partial charge in [-0.25, -0.2) is 4.79 Å². The summed E-state index contributed by atoms with van der Waals surface area (Å²) in [4.78, 5) is 25.0. The Balaban J connectivity index is 2.11. The number of carbonyl (C=O) groups excluding carboxylic acids is 2. The molecule has 134 valence electrons. The van der Waals surface area contributed by atoms with Crippen molar-refractivity contribution < 1.29 is 18.5 Å². The second-order valence-electron chi connectivity index (χ2n) is 5.32. The molecule has 0 heterocycles. The summed E-state index contributed by atoms with van der Waals surface area (Å²) in [7, 11) is -1.32. The summed E-state index contributed by atoms with van der Waals surface area (Å²) in [5.74, 6) is -0.917. The zero-order valence-corrected chi connectivity index (χ0v) is 15.2. The molecule has 0 aliphatic rings. The summed E-state index contributed by atoms with van der Waals surface area (Å²) in [5, 5.41) is 11.6. The number of hydrogen-bond donors (Lipinski definition) is 1. The first-order valence-corrected chi connectivity index (χ1v) is 9.28. The number of hydrogen-bond acceptors (Lipinski definition) is 5. The minimum Gasteiger partial charge on any atom is -0.449 e. The highest BCUT2D eigenvalue weighted by atomic mass is 32.2. The number of ether oxygens (including phenoxy) is 1. The SMILES string of the molecule is CC[S@@](=O)c1ccccc1C(=O)O[C@H](C)C(=O)Nc1ccccc1C#N. The first-order chi connectivity index (χ1) is 12.5. The minimum absolute atomic E-state index is 0.171. The van der Waals surface area contributed by atoms with E-state index in [2.05, 4.69) is 5.32 Å². The Hall–Kier alpha value is -2.98. The molecule has 26 heavy (non-hydrogen) atoms. The molecule has 0 saturated carbocycles. The number of anilines is 1. The Morgan fingerprint density at radius 2 is 1.85 bits per heavy atom. The van der Waals surface area contributed by atoms with Crippen LogP contribution < -0.4 is 5.32 Å². The molecule has 0 aliphatic carbocycles. The summed E-state index contributed by atoms with van der Waals surface area (Å²) < 4.78 is 17.3. The van der Waals surface area contributed by atoms with Crippen molar-refractivity contribution in [1.82, 2.24) is 0 Å². The van der Waals surface area contributed by atoms with Gasteiger partial charge in [0, 0.05) is 5.75 Å². The van der Waals surface area contributed by atoms with Gasteiger partial charge in [-0.3, -0.25) is 9.00 Å². The zero-order valence-electron chi connectivity index (χ0n) is 14.4. The van der Waals surface area contributed by atoms with Crippen LogP contribution in [0, 0.1) is 11.3 Å². The zero-order chi connectivity index (χ0) is 19.1. The number of benzene rings is 2. The van der Waals surface area contributed by atoms with Crippen LogP contribution in [0.2, 0.25) is 0 Å². The fourth-order valence-electron chi connectivity index (χ4n) is 2.19. The Morgan fingerprint density at radius 1 is 1.19 bits per heavy atom. The number of amides is 1. The first kappa shape index (κ1) is 19.3. The number of nitrogens with zero attached hydrogens (tertiary/aromatic N) is 1. The van der Waals surface area contributed by atoms with E-state index in [-0.39, 0.29) is 5.56 Å². The van der Waals surface area contributed by atoms with Crippen molar-refractivity contribution in [1.29, 1.82) is 5.26 Å². The van der Waals surface area contributed by atoms with E-state index >= 15 is 0 Å². The van der Waals surface area contributed by atoms with Gasteiger partial charge in [-0.05, 0) is 31.2 Å². The summed E-state index contributed by atoms with van der Waals surface area (Å²) in [6, 6.07) is 14.9. The highest BCUT2D eigenvalue weighted by Crippen LogP contribution is 2.17. The average Bonchev–Trinajstić information content (AvgIpc) is 2.67. The molecular weight excluding hydrogens is 352 g/mol. The molecule has 6 nitrogen and oxygen atoms in total. The van der Waals surface area contributed by atoms with Gasteiger partial charge < -0.3 is 10.1 Å². The molecule has 0 saturated heterocycles. The van der Waals surface area contributed by atoms with Gasteiger partial charge >= 0.3 is 5.97 Å². The third-order valence-corrected chi connectivity index (χ3v) is 4.94. The standard InChI is InChI=1S/C19H18N2O4S/c1-3-26(24)17-11-7-5-9-15(17)19(23)25-13(2)18(22)21-16-10-6-4-8-14(16)12-20/h4-11,13H,3H2,1-2H3,(H,21,22)/t13-,26-/m1/s1. The number of rotatable bonds is 6. The van der Waals surface area contributed by atoms with Gasteiger partial charge in [-0.2, -0.15) is 5.26 Å². The van der Waals surface area contributed by atoms with E-state index in [1.165, 1.54) is 13.0 Å². The quantitative estimate of drug-likeness (QED) is 0.789. The summed E-state index contributed by atoms with van der Waals surface area (Å²) >= 11 is 0. The van der Waals surface area contributed by atoms with Gasteiger partial charge in [0.15, 0.2) is 6.10 Å². The number of nitriles is 1. The third kappa shape index (κ3) is 4.55. The van der Waals surface area contributed by atoms with E-state index in [9.17, 15) is 13.8 Å². The molecule has 1 N–H and O–H groups in total. The number of esters is 1. The predicted molar refractivity (Wildman–Crippen MR) is 98.1 cm³/mol. The monoisotopic (exact) mass is 370 g/mol. The molecule has 0 spiro atoms. The van der Waals surface area contributed by atoms with Crippen molar-refractivity contribution >= 4 is 28.4 Å². The van der Waals surface area contributed by atoms with E-state index in [1.54, 1.807) is 49.4 Å². The van der Waals surface area contributed by atoms with Crippen LogP contribution in [-0.2, 0) is 20.3 Å². The summed E-state index contributed by atoms with van der Waals surface area (Å²) in [5.41, 5.74) is 0.822. The van der Waals surface area contributed by atoms with Crippen LogP contribution in [0.1, 0.15) is 29.8 Å². The summed E-state index contributed by atoms with van der Waals surface area (Å²) in [6.45, 7) is 3.18. The van der Waals surface area contributed by atoms with Crippen LogP contribution >= 0.6 is 0 Å². The predicted octanol–water partition coefficient (Wildman–Crippen LogP) is 2.87. The van der Waals surface area contributed by atoms with E-state index < -0.39 is 28.8 Å². The lowest BCUT2D eigenvalue weighted by molar-refractivity contribution is -0.123. The van der Waals surface area contributed by atoms with Crippen molar-refractivity contribution in [2.75, 3.05) is 11.1 Å². The molecule has 0 aromatic heterocycles. The van der Waals surface area contributed by atoms with Crippen molar-refractivity contribution in [2.24, 2.45) is 0 Å². The lowest BCUT2D eigenvalue weighted by Crippen LogP contribution is -2.30. The van der Waals surface area contributed by atoms with Crippen LogP contribution in [-0.4, -0.2) is 27.9 Å². The number of nitrogens with one attached hydrogen (secondary N) is 1. The Bertz CT molecular complexity index is 889. The maximum absolute atomic E-state index is 12.4. The Kier molecular flexibility index (Phi) is 6.64. The Morgan fingerprint density at radius 3 is 2.54 bits per heavy atom. The van der Waals surface area contributed by atoms with E-state index in [1.807, 2.05) is 6.07 Å². The van der Waals surface area contributed by atoms with Gasteiger partial charge in [-0.1, -0.05) is 31.2 Å². The fraction of sp³-hybridized carbons (Fsp3) is 0.211. The number of carbonyl (C=O) groups is 2. The molecule has 0 fully saturated rings. The maximum Gasteiger partial charge on any atom is 0.340 e. The Labute approximate surface area is 154 Å². The molecule has 2 atom stereocenters. The van der Waals surface area contributed by atoms with Gasteiger partial charge in [0.25, 0.3) is 5.91 Å². The molecule has 0 radical (unpaired) electrons. The molecule has 2 aromatic rings. The highest BCUT2D eigenvalue weighted by Gasteiger charge is 2.22. The molecule has 0 unspecified atom stereocenters. The minimum atomic E-state index is -1.32. The molecule has 2 aromatic carbocycles. The lowest BCUT2D eigenvalue weighted by atomic mass is 10.2.